The first-order chi connectivity index (χ1) is 6.65. The van der Waals surface area contributed by atoms with Crippen LogP contribution < -0.4 is 15.2 Å². The Morgan fingerprint density at radius 1 is 1.36 bits per heavy atom. The first-order valence-corrected chi connectivity index (χ1v) is 5.05. The fourth-order valence-corrected chi connectivity index (χ4v) is 2.19. The van der Waals surface area contributed by atoms with Gasteiger partial charge in [-0.05, 0) is 40.0 Å². The molecule has 0 spiro atoms. The fourth-order valence-electron chi connectivity index (χ4n) is 1.36. The molecule has 2 N–H and O–H groups in total. The molecule has 0 heterocycles. The molecule has 0 aliphatic heterocycles. The van der Waals surface area contributed by atoms with Crippen LogP contribution in [0.2, 0.25) is 0 Å². The minimum absolute atomic E-state index is 0.479. The molecule has 0 radical (unpaired) electrons. The number of hydrogen-bond donors (Lipinski definition) is 1. The standard InChI is InChI=1S/C10H14BrNO2/c1-6-4-8(13-2)10(14-3)9(11)7(6)5-12/h4H,5,12H2,1-3H3. The molecule has 1 rings (SSSR count). The molecular formula is C10H14BrNO2. The van der Waals surface area contributed by atoms with Crippen molar-refractivity contribution in [3.63, 3.8) is 0 Å². The van der Waals surface area contributed by atoms with Gasteiger partial charge < -0.3 is 15.2 Å². The summed E-state index contributed by atoms with van der Waals surface area (Å²) in [4.78, 5) is 0. The van der Waals surface area contributed by atoms with Crippen molar-refractivity contribution in [2.75, 3.05) is 14.2 Å². The summed E-state index contributed by atoms with van der Waals surface area (Å²) in [5.41, 5.74) is 7.78. The highest BCUT2D eigenvalue weighted by molar-refractivity contribution is 9.10. The third-order valence-corrected chi connectivity index (χ3v) is 2.98. The van der Waals surface area contributed by atoms with Crippen LogP contribution in [0.4, 0.5) is 0 Å². The second-order valence-electron chi connectivity index (χ2n) is 2.93. The summed E-state index contributed by atoms with van der Waals surface area (Å²) in [6.07, 6.45) is 0. The Hall–Kier alpha value is -0.740. The summed E-state index contributed by atoms with van der Waals surface area (Å²) < 4.78 is 11.3. The van der Waals surface area contributed by atoms with Crippen LogP contribution in [0.3, 0.4) is 0 Å². The largest absolute Gasteiger partial charge is 0.493 e. The second-order valence-corrected chi connectivity index (χ2v) is 3.72. The van der Waals surface area contributed by atoms with Gasteiger partial charge in [-0.2, -0.15) is 0 Å². The van der Waals surface area contributed by atoms with E-state index in [4.69, 9.17) is 15.2 Å². The monoisotopic (exact) mass is 259 g/mol. The van der Waals surface area contributed by atoms with Crippen LogP contribution in [0.1, 0.15) is 11.1 Å². The SMILES string of the molecule is COc1cc(C)c(CN)c(Br)c1OC. The molecule has 0 atom stereocenters. The average Bonchev–Trinajstić information content (AvgIpc) is 2.17. The van der Waals surface area contributed by atoms with Gasteiger partial charge in [0.1, 0.15) is 0 Å². The zero-order valence-corrected chi connectivity index (χ0v) is 10.1. The van der Waals surface area contributed by atoms with Gasteiger partial charge in [-0.25, -0.2) is 0 Å². The summed E-state index contributed by atoms with van der Waals surface area (Å²) in [7, 11) is 3.23. The van der Waals surface area contributed by atoms with E-state index in [1.54, 1.807) is 14.2 Å². The van der Waals surface area contributed by atoms with Crippen molar-refractivity contribution in [1.82, 2.24) is 0 Å². The molecule has 0 saturated carbocycles. The predicted molar refractivity (Wildman–Crippen MR) is 59.9 cm³/mol. The third-order valence-electron chi connectivity index (χ3n) is 2.14. The van der Waals surface area contributed by atoms with Crippen molar-refractivity contribution in [3.05, 3.63) is 21.7 Å². The molecule has 0 aromatic heterocycles. The molecule has 1 aromatic rings. The van der Waals surface area contributed by atoms with Crippen LogP contribution in [0.25, 0.3) is 0 Å². The van der Waals surface area contributed by atoms with Crippen LogP contribution >= 0.6 is 15.9 Å². The van der Waals surface area contributed by atoms with E-state index in [9.17, 15) is 0 Å². The molecule has 0 aliphatic carbocycles. The van der Waals surface area contributed by atoms with Crippen LogP contribution in [-0.4, -0.2) is 14.2 Å². The number of halogens is 1. The topological polar surface area (TPSA) is 44.5 Å². The van der Waals surface area contributed by atoms with E-state index < -0.39 is 0 Å². The Bertz CT molecular complexity index is 339. The summed E-state index contributed by atoms with van der Waals surface area (Å²) in [5.74, 6) is 1.41. The van der Waals surface area contributed by atoms with Crippen molar-refractivity contribution < 1.29 is 9.47 Å². The lowest BCUT2D eigenvalue weighted by atomic mass is 10.1. The number of ether oxygens (including phenoxy) is 2. The first kappa shape index (κ1) is 11.3. The Morgan fingerprint density at radius 2 is 2.00 bits per heavy atom. The fraction of sp³-hybridized carbons (Fsp3) is 0.400. The Labute approximate surface area is 92.3 Å². The van der Waals surface area contributed by atoms with Crippen molar-refractivity contribution in [2.24, 2.45) is 5.73 Å². The Balaban J connectivity index is 3.39. The Morgan fingerprint density at radius 3 is 2.43 bits per heavy atom. The summed E-state index contributed by atoms with van der Waals surface area (Å²) in [6.45, 7) is 2.47. The maximum Gasteiger partial charge on any atom is 0.175 e. The molecule has 1 aromatic carbocycles. The second kappa shape index (κ2) is 4.66. The van der Waals surface area contributed by atoms with Gasteiger partial charge in [0.05, 0.1) is 18.7 Å². The number of hydrogen-bond acceptors (Lipinski definition) is 3. The molecule has 0 bridgehead atoms. The molecule has 4 heteroatoms. The van der Waals surface area contributed by atoms with Gasteiger partial charge in [-0.3, -0.25) is 0 Å². The third kappa shape index (κ3) is 1.86. The summed E-state index contributed by atoms with van der Waals surface area (Å²) >= 11 is 3.46. The van der Waals surface area contributed by atoms with Gasteiger partial charge in [-0.15, -0.1) is 0 Å². The van der Waals surface area contributed by atoms with E-state index in [2.05, 4.69) is 15.9 Å². The molecule has 0 amide bonds. The van der Waals surface area contributed by atoms with Crippen molar-refractivity contribution in [1.29, 1.82) is 0 Å². The van der Waals surface area contributed by atoms with Crippen LogP contribution in [0.15, 0.2) is 10.5 Å². The number of rotatable bonds is 3. The zero-order valence-electron chi connectivity index (χ0n) is 8.56. The van der Waals surface area contributed by atoms with Crippen molar-refractivity contribution in [3.8, 4) is 11.5 Å². The van der Waals surface area contributed by atoms with Gasteiger partial charge >= 0.3 is 0 Å². The molecule has 78 valence electrons. The molecule has 0 aliphatic rings. The average molecular weight is 260 g/mol. The summed E-state index contributed by atoms with van der Waals surface area (Å²) in [5, 5.41) is 0. The molecule has 14 heavy (non-hydrogen) atoms. The first-order valence-electron chi connectivity index (χ1n) is 4.25. The van der Waals surface area contributed by atoms with Crippen LogP contribution in [0.5, 0.6) is 11.5 Å². The minimum atomic E-state index is 0.479. The maximum absolute atomic E-state index is 5.64. The van der Waals surface area contributed by atoms with E-state index in [-0.39, 0.29) is 0 Å². The lowest BCUT2D eigenvalue weighted by Gasteiger charge is -2.14. The highest BCUT2D eigenvalue weighted by Crippen LogP contribution is 2.39. The number of aryl methyl sites for hydroxylation is 1. The smallest absolute Gasteiger partial charge is 0.175 e. The van der Waals surface area contributed by atoms with Gasteiger partial charge in [0.15, 0.2) is 11.5 Å². The van der Waals surface area contributed by atoms with E-state index >= 15 is 0 Å². The van der Waals surface area contributed by atoms with E-state index in [1.165, 1.54) is 0 Å². The molecule has 3 nitrogen and oxygen atoms in total. The lowest BCUT2D eigenvalue weighted by molar-refractivity contribution is 0.352. The van der Waals surface area contributed by atoms with Gasteiger partial charge in [0, 0.05) is 6.54 Å². The van der Waals surface area contributed by atoms with Crippen LogP contribution in [-0.2, 0) is 6.54 Å². The molecule has 0 saturated heterocycles. The van der Waals surface area contributed by atoms with Crippen molar-refractivity contribution in [2.45, 2.75) is 13.5 Å². The maximum atomic E-state index is 5.64. The highest BCUT2D eigenvalue weighted by Gasteiger charge is 2.14. The number of nitrogens with two attached hydrogens (primary N) is 1. The van der Waals surface area contributed by atoms with Gasteiger partial charge in [0.2, 0.25) is 0 Å². The lowest BCUT2D eigenvalue weighted by Crippen LogP contribution is -2.03. The van der Waals surface area contributed by atoms with Gasteiger partial charge in [0.25, 0.3) is 0 Å². The van der Waals surface area contributed by atoms with E-state index in [1.807, 2.05) is 13.0 Å². The molecule has 0 fully saturated rings. The minimum Gasteiger partial charge on any atom is -0.493 e. The summed E-state index contributed by atoms with van der Waals surface area (Å²) in [6, 6.07) is 1.92. The number of benzene rings is 1. The van der Waals surface area contributed by atoms with Crippen molar-refractivity contribution >= 4 is 15.9 Å². The Kier molecular flexibility index (Phi) is 3.77. The van der Waals surface area contributed by atoms with E-state index in [0.717, 1.165) is 15.6 Å². The zero-order chi connectivity index (χ0) is 10.7. The predicted octanol–water partition coefficient (Wildman–Crippen LogP) is 2.23. The number of methoxy groups -OCH3 is 2. The molecular weight excluding hydrogens is 246 g/mol. The normalized spacial score (nSPS) is 10.1. The highest BCUT2D eigenvalue weighted by atomic mass is 79.9. The molecule has 0 unspecified atom stereocenters. The van der Waals surface area contributed by atoms with Crippen LogP contribution in [0, 0.1) is 6.92 Å². The quantitative estimate of drug-likeness (QED) is 0.906. The van der Waals surface area contributed by atoms with Gasteiger partial charge in [-0.1, -0.05) is 0 Å². The van der Waals surface area contributed by atoms with E-state index in [0.29, 0.717) is 18.0 Å².